The topological polar surface area (TPSA) is 155 Å². The van der Waals surface area contributed by atoms with Gasteiger partial charge < -0.3 is 11.5 Å². The quantitative estimate of drug-likeness (QED) is 0.425. The predicted molar refractivity (Wildman–Crippen MR) is 52.7 cm³/mol. The van der Waals surface area contributed by atoms with Gasteiger partial charge in [-0.1, -0.05) is 0 Å². The van der Waals surface area contributed by atoms with Gasteiger partial charge in [0.05, 0.1) is 15.4 Å². The van der Waals surface area contributed by atoms with E-state index in [9.17, 15) is 25.0 Å². The SMILES string of the molecule is NC(=O)c1ccc([N+](=O)[O-])c([N+](=O)[O-])c1N. The van der Waals surface area contributed by atoms with Crippen LogP contribution >= 0.6 is 0 Å². The molecular formula is C7H6N4O5. The van der Waals surface area contributed by atoms with E-state index in [0.29, 0.717) is 0 Å². The van der Waals surface area contributed by atoms with E-state index in [1.807, 2.05) is 0 Å². The number of rotatable bonds is 3. The van der Waals surface area contributed by atoms with Gasteiger partial charge in [0.25, 0.3) is 5.91 Å². The van der Waals surface area contributed by atoms with Crippen LogP contribution < -0.4 is 11.5 Å². The average Bonchev–Trinajstić information content (AvgIpc) is 2.15. The predicted octanol–water partition coefficient (Wildman–Crippen LogP) is 0.184. The summed E-state index contributed by atoms with van der Waals surface area (Å²) < 4.78 is 0. The molecule has 0 aromatic heterocycles. The highest BCUT2D eigenvalue weighted by molar-refractivity contribution is 6.01. The molecule has 0 aliphatic carbocycles. The second-order valence-electron chi connectivity index (χ2n) is 2.77. The van der Waals surface area contributed by atoms with Crippen molar-refractivity contribution in [2.24, 2.45) is 5.73 Å². The summed E-state index contributed by atoms with van der Waals surface area (Å²) in [4.78, 5) is 29.9. The van der Waals surface area contributed by atoms with Crippen LogP contribution in [-0.4, -0.2) is 15.8 Å². The summed E-state index contributed by atoms with van der Waals surface area (Å²) in [6.45, 7) is 0. The number of carbonyl (C=O) groups excluding carboxylic acids is 1. The van der Waals surface area contributed by atoms with Gasteiger partial charge in [0.15, 0.2) is 0 Å². The van der Waals surface area contributed by atoms with Crippen molar-refractivity contribution in [3.05, 3.63) is 37.9 Å². The number of nitro groups is 2. The number of nitro benzene ring substituents is 2. The van der Waals surface area contributed by atoms with Gasteiger partial charge >= 0.3 is 11.4 Å². The molecule has 0 aliphatic heterocycles. The first-order valence-electron chi connectivity index (χ1n) is 3.87. The minimum atomic E-state index is -1.03. The Balaban J connectivity index is 3.60. The van der Waals surface area contributed by atoms with Crippen LogP contribution in [0.25, 0.3) is 0 Å². The van der Waals surface area contributed by atoms with E-state index >= 15 is 0 Å². The van der Waals surface area contributed by atoms with Crippen LogP contribution in [0.2, 0.25) is 0 Å². The summed E-state index contributed by atoms with van der Waals surface area (Å²) >= 11 is 0. The lowest BCUT2D eigenvalue weighted by molar-refractivity contribution is -0.421. The van der Waals surface area contributed by atoms with Crippen LogP contribution in [-0.2, 0) is 0 Å². The third-order valence-electron chi connectivity index (χ3n) is 1.84. The molecule has 1 amide bonds. The van der Waals surface area contributed by atoms with Crippen molar-refractivity contribution >= 4 is 23.0 Å². The zero-order valence-electron chi connectivity index (χ0n) is 7.75. The van der Waals surface area contributed by atoms with E-state index in [1.165, 1.54) is 0 Å². The highest BCUT2D eigenvalue weighted by Gasteiger charge is 2.30. The highest BCUT2D eigenvalue weighted by atomic mass is 16.6. The molecule has 0 saturated carbocycles. The fourth-order valence-corrected chi connectivity index (χ4v) is 1.15. The largest absolute Gasteiger partial charge is 0.392 e. The van der Waals surface area contributed by atoms with E-state index in [2.05, 4.69) is 0 Å². The first kappa shape index (κ1) is 11.4. The minimum absolute atomic E-state index is 0.322. The number of amides is 1. The molecule has 0 saturated heterocycles. The molecule has 84 valence electrons. The van der Waals surface area contributed by atoms with Gasteiger partial charge in [0.2, 0.25) is 0 Å². The molecule has 0 spiro atoms. The van der Waals surface area contributed by atoms with E-state index in [0.717, 1.165) is 12.1 Å². The van der Waals surface area contributed by atoms with Crippen LogP contribution in [0.4, 0.5) is 17.1 Å². The summed E-state index contributed by atoms with van der Waals surface area (Å²) in [7, 11) is 0. The van der Waals surface area contributed by atoms with Gasteiger partial charge in [-0.05, 0) is 6.07 Å². The Hall–Kier alpha value is -2.71. The maximum Gasteiger partial charge on any atom is 0.369 e. The Kier molecular flexibility index (Phi) is 2.70. The fourth-order valence-electron chi connectivity index (χ4n) is 1.15. The Morgan fingerprint density at radius 2 is 1.75 bits per heavy atom. The number of hydrogen-bond donors (Lipinski definition) is 2. The number of primary amides is 1. The fraction of sp³-hybridized carbons (Fsp3) is 0. The molecule has 4 N–H and O–H groups in total. The molecular weight excluding hydrogens is 220 g/mol. The van der Waals surface area contributed by atoms with E-state index in [-0.39, 0.29) is 5.56 Å². The van der Waals surface area contributed by atoms with Crippen LogP contribution in [0, 0.1) is 20.2 Å². The van der Waals surface area contributed by atoms with Crippen molar-refractivity contribution in [3.8, 4) is 0 Å². The normalized spacial score (nSPS) is 9.75. The standard InChI is InChI=1S/C7H6N4O5/c8-5-3(7(9)12)1-2-4(10(13)14)6(5)11(15)16/h1-2H,8H2,(H2,9,12). The monoisotopic (exact) mass is 226 g/mol. The zero-order valence-corrected chi connectivity index (χ0v) is 7.75. The highest BCUT2D eigenvalue weighted by Crippen LogP contribution is 2.34. The number of nitrogens with two attached hydrogens (primary N) is 2. The minimum Gasteiger partial charge on any atom is -0.392 e. The van der Waals surface area contributed by atoms with Crippen LogP contribution in [0.3, 0.4) is 0 Å². The summed E-state index contributed by atoms with van der Waals surface area (Å²) in [6, 6.07) is 1.79. The summed E-state index contributed by atoms with van der Waals surface area (Å²) in [5.41, 5.74) is 7.53. The number of carbonyl (C=O) groups is 1. The lowest BCUT2D eigenvalue weighted by Gasteiger charge is -2.02. The van der Waals surface area contributed by atoms with Gasteiger partial charge in [0.1, 0.15) is 5.69 Å². The smallest absolute Gasteiger partial charge is 0.369 e. The first-order chi connectivity index (χ1) is 7.36. The Bertz CT molecular complexity index is 498. The van der Waals surface area contributed by atoms with Crippen molar-refractivity contribution in [1.29, 1.82) is 0 Å². The summed E-state index contributed by atoms with van der Waals surface area (Å²) in [5, 5.41) is 21.1. The van der Waals surface area contributed by atoms with Crippen LogP contribution in [0.15, 0.2) is 12.1 Å². The van der Waals surface area contributed by atoms with Gasteiger partial charge in [-0.3, -0.25) is 25.0 Å². The zero-order chi connectivity index (χ0) is 12.5. The number of nitrogen functional groups attached to an aromatic ring is 1. The van der Waals surface area contributed by atoms with Gasteiger partial charge in [-0.2, -0.15) is 0 Å². The molecule has 1 aromatic carbocycles. The maximum absolute atomic E-state index is 10.8. The second-order valence-corrected chi connectivity index (χ2v) is 2.77. The van der Waals surface area contributed by atoms with Gasteiger partial charge in [0, 0.05) is 6.07 Å². The van der Waals surface area contributed by atoms with Gasteiger partial charge in [-0.25, -0.2) is 0 Å². The summed E-state index contributed by atoms with van der Waals surface area (Å²) in [5.74, 6) is -0.990. The molecule has 0 unspecified atom stereocenters. The maximum atomic E-state index is 10.8. The molecule has 1 aromatic rings. The number of hydrogen-bond acceptors (Lipinski definition) is 6. The van der Waals surface area contributed by atoms with Crippen molar-refractivity contribution < 1.29 is 14.6 Å². The van der Waals surface area contributed by atoms with Crippen LogP contribution in [0.1, 0.15) is 10.4 Å². The molecule has 9 heteroatoms. The molecule has 9 nitrogen and oxygen atoms in total. The van der Waals surface area contributed by atoms with Crippen molar-refractivity contribution in [3.63, 3.8) is 0 Å². The molecule has 0 heterocycles. The van der Waals surface area contributed by atoms with E-state index in [4.69, 9.17) is 11.5 Å². The van der Waals surface area contributed by atoms with Gasteiger partial charge in [-0.15, -0.1) is 0 Å². The molecule has 16 heavy (non-hydrogen) atoms. The Labute approximate surface area is 87.9 Å². The van der Waals surface area contributed by atoms with E-state index in [1.54, 1.807) is 0 Å². The van der Waals surface area contributed by atoms with E-state index < -0.39 is 32.8 Å². The Morgan fingerprint density at radius 1 is 1.19 bits per heavy atom. The second kappa shape index (κ2) is 3.81. The van der Waals surface area contributed by atoms with Crippen molar-refractivity contribution in [2.75, 3.05) is 5.73 Å². The molecule has 0 radical (unpaired) electrons. The number of nitrogens with zero attached hydrogens (tertiary/aromatic N) is 2. The molecule has 0 aliphatic rings. The molecule has 0 fully saturated rings. The number of anilines is 1. The lowest BCUT2D eigenvalue weighted by atomic mass is 10.1. The van der Waals surface area contributed by atoms with Crippen LogP contribution in [0.5, 0.6) is 0 Å². The average molecular weight is 226 g/mol. The third kappa shape index (κ3) is 1.73. The Morgan fingerprint density at radius 3 is 2.12 bits per heavy atom. The first-order valence-corrected chi connectivity index (χ1v) is 3.87. The molecule has 1 rings (SSSR count). The summed E-state index contributed by atoms with van der Waals surface area (Å²) in [6.07, 6.45) is 0. The third-order valence-corrected chi connectivity index (χ3v) is 1.84. The lowest BCUT2D eigenvalue weighted by Crippen LogP contribution is -2.15. The molecule has 0 bridgehead atoms. The van der Waals surface area contributed by atoms with Crippen molar-refractivity contribution in [1.82, 2.24) is 0 Å². The van der Waals surface area contributed by atoms with Crippen molar-refractivity contribution in [2.45, 2.75) is 0 Å². The number of benzene rings is 1. The molecule has 0 atom stereocenters.